The minimum absolute atomic E-state index is 0.0863. The van der Waals surface area contributed by atoms with Crippen molar-refractivity contribution >= 4 is 5.97 Å². The number of benzene rings is 3. The molecule has 3 aromatic carbocycles. The zero-order valence-corrected chi connectivity index (χ0v) is 25.5. The van der Waals surface area contributed by atoms with Gasteiger partial charge in [0.1, 0.15) is 17.2 Å². The van der Waals surface area contributed by atoms with Crippen LogP contribution >= 0.6 is 0 Å². The molecule has 44 heavy (non-hydrogen) atoms. The van der Waals surface area contributed by atoms with Crippen LogP contribution in [0.25, 0.3) is 22.3 Å². The minimum atomic E-state index is -1.87. The summed E-state index contributed by atoms with van der Waals surface area (Å²) in [5.41, 5.74) is -0.894. The van der Waals surface area contributed by atoms with Gasteiger partial charge in [0, 0.05) is 5.56 Å². The second-order valence-electron chi connectivity index (χ2n) is 12.4. The largest absolute Gasteiger partial charge is 0.477 e. The van der Waals surface area contributed by atoms with E-state index in [0.717, 1.165) is 30.4 Å². The lowest BCUT2D eigenvalue weighted by Crippen LogP contribution is -2.15. The van der Waals surface area contributed by atoms with Gasteiger partial charge < -0.3 is 5.11 Å². The molecule has 0 aromatic heterocycles. The van der Waals surface area contributed by atoms with Crippen molar-refractivity contribution in [2.45, 2.75) is 103 Å². The summed E-state index contributed by atoms with van der Waals surface area (Å²) in [6, 6.07) is 8.99. The van der Waals surface area contributed by atoms with Gasteiger partial charge in [0.05, 0.1) is 0 Å². The third-order valence-corrected chi connectivity index (χ3v) is 9.24. The van der Waals surface area contributed by atoms with Gasteiger partial charge in [-0.15, -0.1) is 0 Å². The zero-order valence-electron chi connectivity index (χ0n) is 25.5. The molecule has 0 unspecified atom stereocenters. The number of carbonyl (C=O) groups is 1. The third kappa shape index (κ3) is 8.70. The van der Waals surface area contributed by atoms with Crippen molar-refractivity contribution in [1.29, 1.82) is 0 Å². The van der Waals surface area contributed by atoms with Gasteiger partial charge in [0.25, 0.3) is 0 Å². The van der Waals surface area contributed by atoms with Crippen molar-refractivity contribution in [3.05, 3.63) is 82.7 Å². The molecular weight excluding hydrogens is 571 g/mol. The van der Waals surface area contributed by atoms with E-state index in [1.54, 1.807) is 12.1 Å². The number of aromatic carboxylic acids is 1. The van der Waals surface area contributed by atoms with E-state index < -0.39 is 51.7 Å². The van der Waals surface area contributed by atoms with Crippen molar-refractivity contribution in [1.82, 2.24) is 0 Å². The van der Waals surface area contributed by atoms with Crippen LogP contribution in [0.15, 0.2) is 42.5 Å². The average Bonchev–Trinajstić information content (AvgIpc) is 3.00. The molecule has 1 saturated carbocycles. The molecule has 0 amide bonds. The molecule has 1 fully saturated rings. The van der Waals surface area contributed by atoms with Crippen LogP contribution in [0.1, 0.15) is 113 Å². The van der Waals surface area contributed by atoms with Gasteiger partial charge in [-0.05, 0) is 65.1 Å². The molecule has 0 spiro atoms. The molecule has 0 saturated heterocycles. The monoisotopic (exact) mass is 614 g/mol. The van der Waals surface area contributed by atoms with Crippen molar-refractivity contribution in [2.24, 2.45) is 11.8 Å². The normalized spacial score (nSPS) is 16.8. The number of carboxylic acids is 1. The Morgan fingerprint density at radius 1 is 0.682 bits per heavy atom. The van der Waals surface area contributed by atoms with Crippen LogP contribution in [-0.4, -0.2) is 11.1 Å². The lowest BCUT2D eigenvalue weighted by Gasteiger charge is -2.28. The summed E-state index contributed by atoms with van der Waals surface area (Å²) in [7, 11) is 0. The quantitative estimate of drug-likeness (QED) is 0.105. The number of rotatable bonds is 15. The van der Waals surface area contributed by atoms with E-state index in [1.165, 1.54) is 83.5 Å². The van der Waals surface area contributed by atoms with Crippen LogP contribution in [0.2, 0.25) is 0 Å². The first-order chi connectivity index (χ1) is 21.2. The van der Waals surface area contributed by atoms with Gasteiger partial charge in [-0.2, -0.15) is 0 Å². The molecule has 1 aliphatic carbocycles. The highest BCUT2D eigenvalue weighted by Crippen LogP contribution is 2.39. The van der Waals surface area contributed by atoms with E-state index in [9.17, 15) is 27.5 Å². The number of halogens is 5. The molecule has 1 N–H and O–H groups in total. The standard InChI is InChI=1S/C37H43F5O2/c1-2-3-4-5-6-7-8-9-10-24-11-13-25(14-12-24)15-16-26-17-19-27(20-18-26)29-23-30(38)34(37(43)44)36(42)33(29)28-21-31(39)35(41)32(40)22-28/h17-25H,2-16H2,1H3,(H,43,44)/t24-,25-. The van der Waals surface area contributed by atoms with E-state index in [-0.39, 0.29) is 5.56 Å². The summed E-state index contributed by atoms with van der Waals surface area (Å²) in [6.07, 6.45) is 19.1. The zero-order chi connectivity index (χ0) is 31.6. The fraction of sp³-hybridized carbons (Fsp3) is 0.486. The van der Waals surface area contributed by atoms with Crippen LogP contribution in [-0.2, 0) is 6.42 Å². The first-order valence-electron chi connectivity index (χ1n) is 16.2. The SMILES string of the molecule is CCCCCCCCCC[C@H]1CC[C@H](CCc2ccc(-c3cc(F)c(C(=O)O)c(F)c3-c3cc(F)c(F)c(F)c3)cc2)CC1. The number of unbranched alkanes of at least 4 members (excludes halogenated alkanes) is 7. The smallest absolute Gasteiger partial charge is 0.341 e. The van der Waals surface area contributed by atoms with E-state index in [2.05, 4.69) is 6.92 Å². The maximum atomic E-state index is 15.4. The molecular formula is C37H43F5O2. The molecule has 1 aliphatic rings. The Morgan fingerprint density at radius 3 is 1.80 bits per heavy atom. The Morgan fingerprint density at radius 2 is 1.23 bits per heavy atom. The Labute approximate surface area is 257 Å². The van der Waals surface area contributed by atoms with E-state index in [1.807, 2.05) is 12.1 Å². The Kier molecular flexibility index (Phi) is 12.4. The first kappa shape index (κ1) is 33.7. The van der Waals surface area contributed by atoms with Crippen LogP contribution in [0, 0.1) is 40.9 Å². The van der Waals surface area contributed by atoms with Crippen molar-refractivity contribution in [3.8, 4) is 22.3 Å². The Hall–Kier alpha value is -3.22. The summed E-state index contributed by atoms with van der Waals surface area (Å²) >= 11 is 0. The Bertz CT molecular complexity index is 1370. The van der Waals surface area contributed by atoms with Gasteiger partial charge in [0.15, 0.2) is 17.5 Å². The predicted molar refractivity (Wildman–Crippen MR) is 165 cm³/mol. The van der Waals surface area contributed by atoms with E-state index in [0.29, 0.717) is 23.6 Å². The molecule has 0 heterocycles. The fourth-order valence-electron chi connectivity index (χ4n) is 6.62. The molecule has 7 heteroatoms. The van der Waals surface area contributed by atoms with Crippen molar-refractivity contribution < 1.29 is 31.9 Å². The lowest BCUT2D eigenvalue weighted by molar-refractivity contribution is 0.0686. The minimum Gasteiger partial charge on any atom is -0.477 e. The number of hydrogen-bond donors (Lipinski definition) is 1. The summed E-state index contributed by atoms with van der Waals surface area (Å²) in [5.74, 6) is -8.03. The van der Waals surface area contributed by atoms with E-state index in [4.69, 9.17) is 0 Å². The molecule has 0 bridgehead atoms. The Balaban J connectivity index is 1.36. The predicted octanol–water partition coefficient (Wildman–Crippen LogP) is 11.7. The lowest BCUT2D eigenvalue weighted by atomic mass is 9.77. The topological polar surface area (TPSA) is 37.3 Å². The molecule has 2 nitrogen and oxygen atoms in total. The van der Waals surface area contributed by atoms with Crippen LogP contribution in [0.3, 0.4) is 0 Å². The molecule has 0 radical (unpaired) electrons. The molecule has 4 rings (SSSR count). The summed E-state index contributed by atoms with van der Waals surface area (Å²) in [5, 5.41) is 9.35. The average molecular weight is 615 g/mol. The maximum absolute atomic E-state index is 15.4. The van der Waals surface area contributed by atoms with Crippen LogP contribution in [0.5, 0.6) is 0 Å². The highest BCUT2D eigenvalue weighted by molar-refractivity contribution is 5.94. The maximum Gasteiger partial charge on any atom is 0.341 e. The van der Waals surface area contributed by atoms with Gasteiger partial charge in [-0.25, -0.2) is 26.7 Å². The third-order valence-electron chi connectivity index (χ3n) is 9.24. The molecule has 0 aliphatic heterocycles. The van der Waals surface area contributed by atoms with Crippen molar-refractivity contribution in [2.75, 3.05) is 0 Å². The summed E-state index contributed by atoms with van der Waals surface area (Å²) in [4.78, 5) is 11.5. The molecule has 238 valence electrons. The molecule has 3 aromatic rings. The van der Waals surface area contributed by atoms with Gasteiger partial charge >= 0.3 is 5.97 Å². The second-order valence-corrected chi connectivity index (χ2v) is 12.4. The van der Waals surface area contributed by atoms with Gasteiger partial charge in [-0.1, -0.05) is 115 Å². The number of hydrogen-bond acceptors (Lipinski definition) is 1. The highest BCUT2D eigenvalue weighted by atomic mass is 19.2. The van der Waals surface area contributed by atoms with Gasteiger partial charge in [-0.3, -0.25) is 0 Å². The number of aryl methyl sites for hydroxylation is 1. The fourth-order valence-corrected chi connectivity index (χ4v) is 6.62. The first-order valence-corrected chi connectivity index (χ1v) is 16.2. The van der Waals surface area contributed by atoms with E-state index >= 15 is 4.39 Å². The number of carboxylic acid groups (broad SMARTS) is 1. The van der Waals surface area contributed by atoms with Gasteiger partial charge in [0.2, 0.25) is 0 Å². The summed E-state index contributed by atoms with van der Waals surface area (Å²) in [6.45, 7) is 2.25. The van der Waals surface area contributed by atoms with Crippen molar-refractivity contribution in [3.63, 3.8) is 0 Å². The highest BCUT2D eigenvalue weighted by Gasteiger charge is 2.27. The summed E-state index contributed by atoms with van der Waals surface area (Å²) < 4.78 is 71.8. The second kappa shape index (κ2) is 16.2. The van der Waals surface area contributed by atoms with Crippen LogP contribution < -0.4 is 0 Å². The molecule has 0 atom stereocenters. The van der Waals surface area contributed by atoms with Crippen LogP contribution in [0.4, 0.5) is 22.0 Å².